The molecule has 2 aromatic carbocycles. The summed E-state index contributed by atoms with van der Waals surface area (Å²) in [5.41, 5.74) is 1.09. The van der Waals surface area contributed by atoms with Crippen molar-refractivity contribution < 1.29 is 17.6 Å². The molecular weight excluding hydrogens is 367 g/mol. The third-order valence-electron chi connectivity index (χ3n) is 4.82. The van der Waals surface area contributed by atoms with Gasteiger partial charge in [0, 0.05) is 44.5 Å². The van der Waals surface area contributed by atoms with Crippen molar-refractivity contribution in [2.75, 3.05) is 39.0 Å². The summed E-state index contributed by atoms with van der Waals surface area (Å²) in [6.07, 6.45) is 1.77. The first-order valence-electron chi connectivity index (χ1n) is 8.90. The standard InChI is InChI=1S/C20H23FN2O3S/c1-27(25,26)18-7-4-6-17(15-18)20(24)23-13-11-22(12-14-23)10-9-16-5-2-3-8-19(16)21/h2-8,15H,9-14H2,1H3. The molecule has 0 unspecified atom stereocenters. The van der Waals surface area contributed by atoms with Crippen LogP contribution < -0.4 is 0 Å². The van der Waals surface area contributed by atoms with Gasteiger partial charge in [-0.3, -0.25) is 9.69 Å². The number of hydrogen-bond donors (Lipinski definition) is 0. The highest BCUT2D eigenvalue weighted by atomic mass is 32.2. The maximum absolute atomic E-state index is 13.7. The van der Waals surface area contributed by atoms with Gasteiger partial charge in [0.15, 0.2) is 9.84 Å². The Balaban J connectivity index is 1.56. The minimum absolute atomic E-state index is 0.150. The molecule has 0 spiro atoms. The summed E-state index contributed by atoms with van der Waals surface area (Å²) in [6, 6.07) is 12.9. The number of carbonyl (C=O) groups is 1. The number of carbonyl (C=O) groups excluding carboxylic acids is 1. The maximum Gasteiger partial charge on any atom is 0.253 e. The van der Waals surface area contributed by atoms with E-state index in [4.69, 9.17) is 0 Å². The van der Waals surface area contributed by atoms with Crippen LogP contribution in [0.25, 0.3) is 0 Å². The topological polar surface area (TPSA) is 57.7 Å². The Morgan fingerprint density at radius 3 is 2.41 bits per heavy atom. The van der Waals surface area contributed by atoms with Crippen molar-refractivity contribution >= 4 is 15.7 Å². The minimum Gasteiger partial charge on any atom is -0.336 e. The summed E-state index contributed by atoms with van der Waals surface area (Å²) in [5, 5.41) is 0. The average Bonchev–Trinajstić information content (AvgIpc) is 2.67. The third kappa shape index (κ3) is 4.93. The lowest BCUT2D eigenvalue weighted by Crippen LogP contribution is -2.49. The predicted octanol–water partition coefficient (Wildman–Crippen LogP) is 2.23. The fourth-order valence-electron chi connectivity index (χ4n) is 3.20. The summed E-state index contributed by atoms with van der Waals surface area (Å²) in [5.74, 6) is -0.341. The van der Waals surface area contributed by atoms with Gasteiger partial charge in [0.1, 0.15) is 5.82 Å². The fraction of sp³-hybridized carbons (Fsp3) is 0.350. The number of sulfone groups is 1. The molecule has 1 fully saturated rings. The smallest absolute Gasteiger partial charge is 0.253 e. The molecule has 0 aliphatic carbocycles. The minimum atomic E-state index is -3.35. The normalized spacial score (nSPS) is 15.7. The second kappa shape index (κ2) is 8.19. The molecule has 0 aromatic heterocycles. The number of nitrogens with zero attached hydrogens (tertiary/aromatic N) is 2. The molecule has 1 heterocycles. The average molecular weight is 390 g/mol. The van der Waals surface area contributed by atoms with Crippen LogP contribution in [0.15, 0.2) is 53.4 Å². The molecule has 2 aromatic rings. The summed E-state index contributed by atoms with van der Waals surface area (Å²) >= 11 is 0. The molecule has 1 saturated heterocycles. The molecule has 0 radical (unpaired) electrons. The zero-order chi connectivity index (χ0) is 19.4. The molecule has 0 N–H and O–H groups in total. The molecule has 5 nitrogen and oxygen atoms in total. The molecule has 1 aliphatic heterocycles. The van der Waals surface area contributed by atoms with E-state index in [0.717, 1.165) is 12.8 Å². The third-order valence-corrected chi connectivity index (χ3v) is 5.93. The summed E-state index contributed by atoms with van der Waals surface area (Å²) in [7, 11) is -3.35. The molecule has 0 saturated carbocycles. The number of hydrogen-bond acceptors (Lipinski definition) is 4. The van der Waals surface area contributed by atoms with Crippen molar-refractivity contribution in [2.45, 2.75) is 11.3 Å². The lowest BCUT2D eigenvalue weighted by molar-refractivity contribution is 0.0638. The molecule has 144 valence electrons. The highest BCUT2D eigenvalue weighted by Gasteiger charge is 2.23. The van der Waals surface area contributed by atoms with Gasteiger partial charge in [-0.25, -0.2) is 12.8 Å². The van der Waals surface area contributed by atoms with Crippen LogP contribution in [-0.2, 0) is 16.3 Å². The fourth-order valence-corrected chi connectivity index (χ4v) is 3.86. The zero-order valence-electron chi connectivity index (χ0n) is 15.3. The van der Waals surface area contributed by atoms with Crippen molar-refractivity contribution in [3.63, 3.8) is 0 Å². The Morgan fingerprint density at radius 2 is 1.74 bits per heavy atom. The number of rotatable bonds is 5. The van der Waals surface area contributed by atoms with Crippen molar-refractivity contribution in [1.29, 1.82) is 0 Å². The summed E-state index contributed by atoms with van der Waals surface area (Å²) < 4.78 is 37.1. The Bertz CT molecular complexity index is 922. The van der Waals surface area contributed by atoms with Crippen molar-refractivity contribution in [3.8, 4) is 0 Å². The largest absolute Gasteiger partial charge is 0.336 e. The van der Waals surface area contributed by atoms with Gasteiger partial charge in [0.05, 0.1) is 4.90 Å². The predicted molar refractivity (Wildman–Crippen MR) is 102 cm³/mol. The van der Waals surface area contributed by atoms with Gasteiger partial charge < -0.3 is 4.90 Å². The van der Waals surface area contributed by atoms with Crippen LogP contribution in [0.4, 0.5) is 4.39 Å². The Morgan fingerprint density at radius 1 is 1.04 bits per heavy atom. The first-order chi connectivity index (χ1) is 12.8. The number of amides is 1. The van der Waals surface area contributed by atoms with Gasteiger partial charge in [-0.1, -0.05) is 24.3 Å². The van der Waals surface area contributed by atoms with E-state index in [0.29, 0.717) is 43.7 Å². The quantitative estimate of drug-likeness (QED) is 0.786. The summed E-state index contributed by atoms with van der Waals surface area (Å²) in [6.45, 7) is 3.31. The number of piperazine rings is 1. The van der Waals surface area contributed by atoms with E-state index < -0.39 is 9.84 Å². The van der Waals surface area contributed by atoms with Gasteiger partial charge in [-0.15, -0.1) is 0 Å². The molecule has 27 heavy (non-hydrogen) atoms. The van der Waals surface area contributed by atoms with Crippen molar-refractivity contribution in [1.82, 2.24) is 9.80 Å². The van der Waals surface area contributed by atoms with E-state index in [9.17, 15) is 17.6 Å². The van der Waals surface area contributed by atoms with E-state index in [1.807, 2.05) is 6.07 Å². The van der Waals surface area contributed by atoms with Gasteiger partial charge in [-0.2, -0.15) is 0 Å². The van der Waals surface area contributed by atoms with Crippen molar-refractivity contribution in [2.24, 2.45) is 0 Å². The molecule has 7 heteroatoms. The van der Waals surface area contributed by atoms with Gasteiger partial charge in [0.2, 0.25) is 0 Å². The van der Waals surface area contributed by atoms with E-state index in [-0.39, 0.29) is 16.6 Å². The van der Waals surface area contributed by atoms with Crippen LogP contribution in [0.1, 0.15) is 15.9 Å². The first kappa shape index (κ1) is 19.5. The number of halogens is 1. The van der Waals surface area contributed by atoms with Crippen LogP contribution in [-0.4, -0.2) is 63.1 Å². The second-order valence-corrected chi connectivity index (χ2v) is 8.79. The molecule has 0 atom stereocenters. The Hall–Kier alpha value is -2.25. The molecule has 0 bridgehead atoms. The lowest BCUT2D eigenvalue weighted by atomic mass is 10.1. The molecule has 1 amide bonds. The molecule has 1 aliphatic rings. The Labute approximate surface area is 159 Å². The number of benzene rings is 2. The van der Waals surface area contributed by atoms with E-state index in [1.165, 1.54) is 18.2 Å². The first-order valence-corrected chi connectivity index (χ1v) is 10.8. The summed E-state index contributed by atoms with van der Waals surface area (Å²) in [4.78, 5) is 16.8. The monoisotopic (exact) mass is 390 g/mol. The van der Waals surface area contributed by atoms with Crippen molar-refractivity contribution in [3.05, 3.63) is 65.5 Å². The van der Waals surface area contributed by atoms with Crippen LogP contribution in [0, 0.1) is 5.82 Å². The van der Waals surface area contributed by atoms with Gasteiger partial charge >= 0.3 is 0 Å². The van der Waals surface area contributed by atoms with Gasteiger partial charge in [0.25, 0.3) is 5.91 Å². The maximum atomic E-state index is 13.7. The van der Waals surface area contributed by atoms with Crippen LogP contribution in [0.5, 0.6) is 0 Å². The zero-order valence-corrected chi connectivity index (χ0v) is 16.1. The molecular formula is C20H23FN2O3S. The second-order valence-electron chi connectivity index (χ2n) is 6.78. The SMILES string of the molecule is CS(=O)(=O)c1cccc(C(=O)N2CCN(CCc3ccccc3F)CC2)c1. The van der Waals surface area contributed by atoms with Crippen LogP contribution >= 0.6 is 0 Å². The van der Waals surface area contributed by atoms with E-state index >= 15 is 0 Å². The highest BCUT2D eigenvalue weighted by Crippen LogP contribution is 2.15. The van der Waals surface area contributed by atoms with E-state index in [2.05, 4.69) is 4.90 Å². The highest BCUT2D eigenvalue weighted by molar-refractivity contribution is 7.90. The molecule has 3 rings (SSSR count). The van der Waals surface area contributed by atoms with Crippen LogP contribution in [0.2, 0.25) is 0 Å². The van der Waals surface area contributed by atoms with Gasteiger partial charge in [-0.05, 0) is 36.2 Å². The van der Waals surface area contributed by atoms with Crippen LogP contribution in [0.3, 0.4) is 0 Å². The van der Waals surface area contributed by atoms with E-state index in [1.54, 1.807) is 29.2 Å². The Kier molecular flexibility index (Phi) is 5.92. The lowest BCUT2D eigenvalue weighted by Gasteiger charge is -2.34.